The molecule has 2 heterocycles. The van der Waals surface area contributed by atoms with Gasteiger partial charge in [0.15, 0.2) is 0 Å². The van der Waals surface area contributed by atoms with Gasteiger partial charge in [-0.25, -0.2) is 4.79 Å². The Bertz CT molecular complexity index is 1510. The topological polar surface area (TPSA) is 107 Å². The van der Waals surface area contributed by atoms with Gasteiger partial charge in [0.25, 0.3) is 5.91 Å². The Hall–Kier alpha value is -5.19. The van der Waals surface area contributed by atoms with Gasteiger partial charge in [0.1, 0.15) is 5.75 Å². The molecule has 0 spiro atoms. The number of halogens is 3. The molecule has 192 valence electrons. The molecule has 0 saturated heterocycles. The van der Waals surface area contributed by atoms with Crippen LogP contribution in [0.1, 0.15) is 11.3 Å². The second-order valence-corrected chi connectivity index (χ2v) is 8.26. The van der Waals surface area contributed by atoms with E-state index in [2.05, 4.69) is 31.0 Å². The number of benzene rings is 3. The number of alkyl halides is 3. The van der Waals surface area contributed by atoms with E-state index >= 15 is 0 Å². The van der Waals surface area contributed by atoms with Gasteiger partial charge in [-0.2, -0.15) is 0 Å². The SMILES string of the molecule is O=C(Nc1ccc(OC(F)(F)F)cc1)Nc1cccc(Nc2ccc3c(c2)NC(=O)C3=Cc2ccc[nH]2)c1. The van der Waals surface area contributed by atoms with Crippen molar-refractivity contribution in [2.75, 3.05) is 21.3 Å². The first-order valence-corrected chi connectivity index (χ1v) is 11.3. The highest BCUT2D eigenvalue weighted by molar-refractivity contribution is 6.35. The van der Waals surface area contributed by atoms with Gasteiger partial charge in [-0.1, -0.05) is 12.1 Å². The maximum atomic E-state index is 12.5. The van der Waals surface area contributed by atoms with E-state index in [4.69, 9.17) is 0 Å². The van der Waals surface area contributed by atoms with Crippen LogP contribution in [0.15, 0.2) is 85.1 Å². The molecule has 0 fully saturated rings. The lowest BCUT2D eigenvalue weighted by Crippen LogP contribution is -2.19. The predicted molar refractivity (Wildman–Crippen MR) is 139 cm³/mol. The summed E-state index contributed by atoms with van der Waals surface area (Å²) in [6, 6.07) is 20.4. The maximum Gasteiger partial charge on any atom is 0.573 e. The molecular weight excluding hydrogens is 499 g/mol. The van der Waals surface area contributed by atoms with E-state index in [0.29, 0.717) is 22.6 Å². The molecule has 8 nitrogen and oxygen atoms in total. The summed E-state index contributed by atoms with van der Waals surface area (Å²) >= 11 is 0. The second-order valence-electron chi connectivity index (χ2n) is 8.26. The number of anilines is 5. The molecule has 11 heteroatoms. The van der Waals surface area contributed by atoms with Gasteiger partial charge in [0, 0.05) is 40.2 Å². The summed E-state index contributed by atoms with van der Waals surface area (Å²) in [5, 5.41) is 11.3. The van der Waals surface area contributed by atoms with Crippen LogP contribution in [0.5, 0.6) is 5.75 Å². The number of aromatic amines is 1. The van der Waals surface area contributed by atoms with Crippen LogP contribution in [-0.2, 0) is 4.79 Å². The van der Waals surface area contributed by atoms with E-state index in [9.17, 15) is 22.8 Å². The summed E-state index contributed by atoms with van der Waals surface area (Å²) in [6.45, 7) is 0. The van der Waals surface area contributed by atoms with Gasteiger partial charge in [0.05, 0.1) is 11.3 Å². The van der Waals surface area contributed by atoms with Crippen LogP contribution in [0.2, 0.25) is 0 Å². The molecule has 1 aliphatic rings. The summed E-state index contributed by atoms with van der Waals surface area (Å²) in [5.74, 6) is -0.576. The number of hydrogen-bond donors (Lipinski definition) is 5. The normalized spacial score (nSPS) is 13.6. The van der Waals surface area contributed by atoms with Crippen molar-refractivity contribution < 1.29 is 27.5 Å². The molecule has 0 unspecified atom stereocenters. The number of hydrogen-bond acceptors (Lipinski definition) is 4. The number of carbonyl (C=O) groups is 2. The van der Waals surface area contributed by atoms with Crippen molar-refractivity contribution in [1.82, 2.24) is 4.98 Å². The number of H-pyrrole nitrogens is 1. The molecular formula is C27H20F3N5O3. The lowest BCUT2D eigenvalue weighted by atomic mass is 10.1. The number of ether oxygens (including phenoxy) is 1. The molecule has 3 amide bonds. The predicted octanol–water partition coefficient (Wildman–Crippen LogP) is 6.79. The zero-order valence-corrected chi connectivity index (χ0v) is 19.5. The molecule has 0 bridgehead atoms. The smallest absolute Gasteiger partial charge is 0.406 e. The molecule has 0 atom stereocenters. The third-order valence-electron chi connectivity index (χ3n) is 5.48. The molecule has 0 saturated carbocycles. The average Bonchev–Trinajstić information content (AvgIpc) is 3.47. The van der Waals surface area contributed by atoms with E-state index in [-0.39, 0.29) is 17.3 Å². The summed E-state index contributed by atoms with van der Waals surface area (Å²) in [6.07, 6.45) is -1.21. The minimum absolute atomic E-state index is 0.188. The lowest BCUT2D eigenvalue weighted by Gasteiger charge is -2.12. The molecule has 4 aromatic rings. The minimum Gasteiger partial charge on any atom is -0.406 e. The zero-order chi connectivity index (χ0) is 26.7. The Morgan fingerprint density at radius 2 is 1.55 bits per heavy atom. The highest BCUT2D eigenvalue weighted by Crippen LogP contribution is 2.35. The summed E-state index contributed by atoms with van der Waals surface area (Å²) in [4.78, 5) is 27.9. The number of fused-ring (bicyclic) bond motifs is 1. The summed E-state index contributed by atoms with van der Waals surface area (Å²) in [7, 11) is 0. The fourth-order valence-electron chi connectivity index (χ4n) is 3.88. The van der Waals surface area contributed by atoms with Crippen LogP contribution in [0, 0.1) is 0 Å². The quantitative estimate of drug-likeness (QED) is 0.181. The Balaban J connectivity index is 1.22. The van der Waals surface area contributed by atoms with Crippen LogP contribution in [0.25, 0.3) is 11.6 Å². The Morgan fingerprint density at radius 1 is 0.842 bits per heavy atom. The minimum atomic E-state index is -4.79. The molecule has 1 aliphatic heterocycles. The van der Waals surface area contributed by atoms with Gasteiger partial charge in [0.2, 0.25) is 0 Å². The number of urea groups is 1. The molecule has 0 radical (unpaired) electrons. The Morgan fingerprint density at radius 3 is 2.29 bits per heavy atom. The van der Waals surface area contributed by atoms with Gasteiger partial charge >= 0.3 is 12.4 Å². The van der Waals surface area contributed by atoms with Gasteiger partial charge in [-0.3, -0.25) is 4.79 Å². The number of nitrogens with one attached hydrogen (secondary N) is 5. The molecule has 38 heavy (non-hydrogen) atoms. The fraction of sp³-hybridized carbons (Fsp3) is 0.0370. The first-order valence-electron chi connectivity index (χ1n) is 11.3. The van der Waals surface area contributed by atoms with Crippen molar-refractivity contribution in [3.05, 3.63) is 96.3 Å². The van der Waals surface area contributed by atoms with Gasteiger partial charge in [-0.15, -0.1) is 13.2 Å². The van der Waals surface area contributed by atoms with E-state index in [1.165, 1.54) is 12.1 Å². The van der Waals surface area contributed by atoms with Gasteiger partial charge < -0.3 is 31.0 Å². The lowest BCUT2D eigenvalue weighted by molar-refractivity contribution is -0.274. The fourth-order valence-corrected chi connectivity index (χ4v) is 3.88. The van der Waals surface area contributed by atoms with Crippen LogP contribution >= 0.6 is 0 Å². The number of rotatable bonds is 6. The largest absolute Gasteiger partial charge is 0.573 e. The molecule has 1 aromatic heterocycles. The maximum absolute atomic E-state index is 12.5. The third kappa shape index (κ3) is 5.95. The van der Waals surface area contributed by atoms with E-state index < -0.39 is 12.4 Å². The highest BCUT2D eigenvalue weighted by Gasteiger charge is 2.31. The zero-order valence-electron chi connectivity index (χ0n) is 19.5. The van der Waals surface area contributed by atoms with Gasteiger partial charge in [-0.05, 0) is 72.8 Å². The van der Waals surface area contributed by atoms with E-state index in [1.54, 1.807) is 30.5 Å². The standard InChI is InChI=1S/C27H20F3N5O3/c28-27(29,30)38-21-9-6-16(7-10-21)33-26(37)34-19-4-1-3-18(13-19)32-20-8-11-22-23(14-17-5-2-12-31-17)25(36)35-24(22)15-20/h1-15,31-32H,(H,35,36)(H2,33,34,37). The van der Waals surface area contributed by atoms with Crippen molar-refractivity contribution in [2.24, 2.45) is 0 Å². The average molecular weight is 519 g/mol. The summed E-state index contributed by atoms with van der Waals surface area (Å²) < 4.78 is 40.7. The van der Waals surface area contributed by atoms with Crippen LogP contribution < -0.4 is 26.0 Å². The second kappa shape index (κ2) is 10.1. The van der Waals surface area contributed by atoms with Crippen LogP contribution in [-0.4, -0.2) is 23.3 Å². The number of carbonyl (C=O) groups excluding carboxylic acids is 2. The van der Waals surface area contributed by atoms with Crippen molar-refractivity contribution in [3.63, 3.8) is 0 Å². The Labute approximate surface area is 214 Å². The molecule has 5 N–H and O–H groups in total. The Kier molecular flexibility index (Phi) is 6.48. The highest BCUT2D eigenvalue weighted by atomic mass is 19.4. The van der Waals surface area contributed by atoms with Crippen molar-refractivity contribution in [1.29, 1.82) is 0 Å². The monoisotopic (exact) mass is 519 g/mol. The first-order chi connectivity index (χ1) is 18.2. The third-order valence-corrected chi connectivity index (χ3v) is 5.48. The van der Waals surface area contributed by atoms with Crippen LogP contribution in [0.3, 0.4) is 0 Å². The van der Waals surface area contributed by atoms with Crippen molar-refractivity contribution in [2.45, 2.75) is 6.36 Å². The van der Waals surface area contributed by atoms with E-state index in [1.807, 2.05) is 36.4 Å². The number of aromatic nitrogens is 1. The van der Waals surface area contributed by atoms with Crippen LogP contribution in [0.4, 0.5) is 46.4 Å². The molecule has 3 aromatic carbocycles. The molecule has 5 rings (SSSR count). The number of amides is 3. The first kappa shape index (κ1) is 24.5. The molecule has 0 aliphatic carbocycles. The summed E-state index contributed by atoms with van der Waals surface area (Å²) in [5.41, 5.74) is 5.04. The van der Waals surface area contributed by atoms with E-state index in [0.717, 1.165) is 29.1 Å². The van der Waals surface area contributed by atoms with Crippen molar-refractivity contribution >= 4 is 52.0 Å². The van der Waals surface area contributed by atoms with Crippen molar-refractivity contribution in [3.8, 4) is 5.75 Å².